The van der Waals surface area contributed by atoms with Gasteiger partial charge >= 0.3 is 0 Å². The fourth-order valence-corrected chi connectivity index (χ4v) is 4.25. The first-order valence-electron chi connectivity index (χ1n) is 7.90. The lowest BCUT2D eigenvalue weighted by atomic mass is 9.97. The van der Waals surface area contributed by atoms with Crippen LogP contribution in [0.2, 0.25) is 0 Å². The second kappa shape index (κ2) is 7.27. The summed E-state index contributed by atoms with van der Waals surface area (Å²) in [7, 11) is -3.49. The number of hydrogen-bond acceptors (Lipinski definition) is 5. The molecule has 1 saturated heterocycles. The summed E-state index contributed by atoms with van der Waals surface area (Å²) < 4.78 is 26.3. The Balaban J connectivity index is 2.18. The number of nitrogens with two attached hydrogens (primary N) is 1. The number of rotatable bonds is 6. The topological polar surface area (TPSA) is 96.6 Å². The Kier molecular flexibility index (Phi) is 5.59. The van der Waals surface area contributed by atoms with Crippen molar-refractivity contribution in [1.29, 1.82) is 0 Å². The highest BCUT2D eigenvalue weighted by Crippen LogP contribution is 2.23. The minimum absolute atomic E-state index is 0.176. The van der Waals surface area contributed by atoms with E-state index < -0.39 is 10.0 Å². The minimum atomic E-state index is -3.49. The number of primary amides is 1. The maximum Gasteiger partial charge on any atom is 0.244 e. The summed E-state index contributed by atoms with van der Waals surface area (Å²) in [6, 6.07) is 3.27. The molecule has 0 aliphatic carbocycles. The summed E-state index contributed by atoms with van der Waals surface area (Å²) >= 11 is 0. The van der Waals surface area contributed by atoms with E-state index in [1.54, 1.807) is 26.0 Å². The van der Waals surface area contributed by atoms with E-state index in [0.717, 1.165) is 19.4 Å². The summed E-state index contributed by atoms with van der Waals surface area (Å²) in [4.78, 5) is 17.8. The van der Waals surface area contributed by atoms with Crippen molar-refractivity contribution < 1.29 is 13.2 Å². The number of pyridine rings is 1. The third kappa shape index (κ3) is 3.81. The number of amides is 1. The van der Waals surface area contributed by atoms with E-state index in [-0.39, 0.29) is 16.7 Å². The summed E-state index contributed by atoms with van der Waals surface area (Å²) in [6.45, 7) is 5.78. The van der Waals surface area contributed by atoms with Crippen LogP contribution in [0.15, 0.2) is 23.2 Å². The number of piperidine rings is 1. The molecule has 1 unspecified atom stereocenters. The van der Waals surface area contributed by atoms with Crippen LogP contribution in [-0.4, -0.2) is 49.8 Å². The van der Waals surface area contributed by atoms with Crippen molar-refractivity contribution in [3.8, 4) is 0 Å². The van der Waals surface area contributed by atoms with Gasteiger partial charge in [0.05, 0.1) is 5.92 Å². The van der Waals surface area contributed by atoms with Crippen molar-refractivity contribution in [2.45, 2.75) is 31.6 Å². The number of nitrogens with zero attached hydrogens (tertiary/aromatic N) is 3. The average molecular weight is 340 g/mol. The highest BCUT2D eigenvalue weighted by atomic mass is 32.2. The number of aromatic nitrogens is 1. The Labute approximate surface area is 137 Å². The number of sulfonamides is 1. The molecule has 1 aliphatic rings. The maximum absolute atomic E-state index is 12.4. The van der Waals surface area contributed by atoms with Crippen molar-refractivity contribution in [1.82, 2.24) is 9.29 Å². The second-order valence-electron chi connectivity index (χ2n) is 5.63. The smallest absolute Gasteiger partial charge is 0.244 e. The lowest BCUT2D eigenvalue weighted by Gasteiger charge is -2.32. The Morgan fingerprint density at radius 2 is 2.09 bits per heavy atom. The van der Waals surface area contributed by atoms with Gasteiger partial charge in [-0.15, -0.1) is 0 Å². The monoisotopic (exact) mass is 340 g/mol. The zero-order valence-electron chi connectivity index (χ0n) is 13.6. The van der Waals surface area contributed by atoms with E-state index in [2.05, 4.69) is 4.98 Å². The van der Waals surface area contributed by atoms with E-state index >= 15 is 0 Å². The van der Waals surface area contributed by atoms with Gasteiger partial charge in [0.1, 0.15) is 10.7 Å². The van der Waals surface area contributed by atoms with Gasteiger partial charge in [-0.2, -0.15) is 4.31 Å². The van der Waals surface area contributed by atoms with Crippen molar-refractivity contribution >= 4 is 21.7 Å². The molecule has 2 heterocycles. The Hall–Kier alpha value is -1.67. The molecule has 23 heavy (non-hydrogen) atoms. The van der Waals surface area contributed by atoms with Crippen LogP contribution >= 0.6 is 0 Å². The molecular formula is C15H24N4O3S. The zero-order chi connectivity index (χ0) is 17.0. The second-order valence-corrected chi connectivity index (χ2v) is 7.57. The summed E-state index contributed by atoms with van der Waals surface area (Å²) in [5.74, 6) is 0.203. The van der Waals surface area contributed by atoms with Crippen LogP contribution in [0.1, 0.15) is 26.7 Å². The molecule has 7 nitrogen and oxygen atoms in total. The Morgan fingerprint density at radius 3 is 2.61 bits per heavy atom. The van der Waals surface area contributed by atoms with E-state index in [0.29, 0.717) is 25.5 Å². The van der Waals surface area contributed by atoms with Gasteiger partial charge in [-0.05, 0) is 25.0 Å². The molecule has 0 aromatic carbocycles. The highest BCUT2D eigenvalue weighted by Gasteiger charge is 2.26. The van der Waals surface area contributed by atoms with E-state index in [9.17, 15) is 13.2 Å². The van der Waals surface area contributed by atoms with Crippen molar-refractivity contribution in [3.05, 3.63) is 18.3 Å². The van der Waals surface area contributed by atoms with Gasteiger partial charge in [0.2, 0.25) is 15.9 Å². The number of anilines is 1. The van der Waals surface area contributed by atoms with Gasteiger partial charge in [0.25, 0.3) is 0 Å². The van der Waals surface area contributed by atoms with Gasteiger partial charge in [-0.25, -0.2) is 13.4 Å². The van der Waals surface area contributed by atoms with Gasteiger partial charge in [-0.3, -0.25) is 4.79 Å². The molecule has 2 rings (SSSR count). The van der Waals surface area contributed by atoms with Crippen LogP contribution in [0.25, 0.3) is 0 Å². The minimum Gasteiger partial charge on any atom is -0.369 e. The Bertz CT molecular complexity index is 641. The van der Waals surface area contributed by atoms with Crippen molar-refractivity contribution in [3.63, 3.8) is 0 Å². The van der Waals surface area contributed by atoms with E-state index in [1.807, 2.05) is 4.90 Å². The molecule has 1 atom stereocenters. The molecule has 1 aromatic heterocycles. The van der Waals surface area contributed by atoms with E-state index in [4.69, 9.17) is 5.73 Å². The quantitative estimate of drug-likeness (QED) is 0.827. The van der Waals surface area contributed by atoms with Gasteiger partial charge in [-0.1, -0.05) is 13.8 Å². The van der Waals surface area contributed by atoms with Crippen LogP contribution in [0, 0.1) is 5.92 Å². The molecule has 1 aromatic rings. The van der Waals surface area contributed by atoms with Gasteiger partial charge in [0.15, 0.2) is 0 Å². The number of carbonyl (C=O) groups excluding carboxylic acids is 1. The fourth-order valence-electron chi connectivity index (χ4n) is 2.84. The predicted molar refractivity (Wildman–Crippen MR) is 88.5 cm³/mol. The SMILES string of the molecule is CCN(CC)S(=O)(=O)c1ccc(N2CCCC(C(N)=O)C2)nc1. The van der Waals surface area contributed by atoms with E-state index in [1.165, 1.54) is 10.5 Å². The van der Waals surface area contributed by atoms with Crippen molar-refractivity contribution in [2.24, 2.45) is 11.7 Å². The van der Waals surface area contributed by atoms with Gasteiger partial charge in [0, 0.05) is 32.4 Å². The van der Waals surface area contributed by atoms with Crippen LogP contribution in [0.5, 0.6) is 0 Å². The third-order valence-electron chi connectivity index (χ3n) is 4.21. The molecule has 0 saturated carbocycles. The first-order chi connectivity index (χ1) is 10.9. The van der Waals surface area contributed by atoms with Crippen LogP contribution in [0.4, 0.5) is 5.82 Å². The summed E-state index contributed by atoms with van der Waals surface area (Å²) in [6.07, 6.45) is 3.05. The van der Waals surface area contributed by atoms with Crippen molar-refractivity contribution in [2.75, 3.05) is 31.1 Å². The molecule has 1 aliphatic heterocycles. The maximum atomic E-state index is 12.4. The predicted octanol–water partition coefficient (Wildman–Crippen LogP) is 0.814. The lowest BCUT2D eigenvalue weighted by Crippen LogP contribution is -2.41. The molecule has 2 N–H and O–H groups in total. The number of hydrogen-bond donors (Lipinski definition) is 1. The Morgan fingerprint density at radius 1 is 1.39 bits per heavy atom. The molecule has 0 radical (unpaired) electrons. The van der Waals surface area contributed by atoms with Crippen LogP contribution in [0.3, 0.4) is 0 Å². The van der Waals surface area contributed by atoms with Crippen LogP contribution in [-0.2, 0) is 14.8 Å². The summed E-state index contributed by atoms with van der Waals surface area (Å²) in [5.41, 5.74) is 5.38. The molecule has 8 heteroatoms. The molecular weight excluding hydrogens is 316 g/mol. The molecule has 1 amide bonds. The molecule has 1 fully saturated rings. The zero-order valence-corrected chi connectivity index (χ0v) is 14.4. The standard InChI is InChI=1S/C15H24N4O3S/c1-3-19(4-2)23(21,22)13-7-8-14(17-10-13)18-9-5-6-12(11-18)15(16)20/h7-8,10,12H,3-6,9,11H2,1-2H3,(H2,16,20). The van der Waals surface area contributed by atoms with Crippen LogP contribution < -0.4 is 10.6 Å². The fraction of sp³-hybridized carbons (Fsp3) is 0.600. The average Bonchev–Trinajstić information content (AvgIpc) is 2.56. The molecule has 0 spiro atoms. The first kappa shape index (κ1) is 17.7. The first-order valence-corrected chi connectivity index (χ1v) is 9.34. The third-order valence-corrected chi connectivity index (χ3v) is 6.25. The molecule has 128 valence electrons. The highest BCUT2D eigenvalue weighted by molar-refractivity contribution is 7.89. The number of carbonyl (C=O) groups is 1. The van der Waals surface area contributed by atoms with Gasteiger partial charge < -0.3 is 10.6 Å². The molecule has 0 bridgehead atoms. The summed E-state index contributed by atoms with van der Waals surface area (Å²) in [5, 5.41) is 0. The largest absolute Gasteiger partial charge is 0.369 e. The lowest BCUT2D eigenvalue weighted by molar-refractivity contribution is -0.122. The normalized spacial score (nSPS) is 19.1.